The molecule has 9 heteroatoms. The van der Waals surface area contributed by atoms with Gasteiger partial charge in [-0.15, -0.1) is 0 Å². The molecule has 2 rings (SSSR count). The van der Waals surface area contributed by atoms with E-state index in [4.69, 9.17) is 4.74 Å². The lowest BCUT2D eigenvalue weighted by atomic mass is 10.4. The van der Waals surface area contributed by atoms with Gasteiger partial charge in [-0.25, -0.2) is 4.79 Å². The van der Waals surface area contributed by atoms with E-state index < -0.39 is 18.0 Å². The number of nitrogens with one attached hydrogen (secondary N) is 1. The summed E-state index contributed by atoms with van der Waals surface area (Å²) in [6, 6.07) is -0.278. The normalized spacial score (nSPS) is 23.2. The molecule has 0 aromatic heterocycles. The Labute approximate surface area is 106 Å². The summed E-state index contributed by atoms with van der Waals surface area (Å²) in [6.45, 7) is -0.0617. The Balaban J connectivity index is 1.73. The monoisotopic (exact) mass is 274 g/mol. The Morgan fingerprint density at radius 3 is 2.56 bits per heavy atom. The van der Waals surface area contributed by atoms with E-state index in [1.807, 2.05) is 0 Å². The molecule has 0 radical (unpaired) electrons. The van der Waals surface area contributed by atoms with Crippen LogP contribution in [0.5, 0.6) is 0 Å². The first kappa shape index (κ1) is 12.7. The van der Waals surface area contributed by atoms with Gasteiger partial charge in [-0.1, -0.05) is 16.8 Å². The number of hydrogen-bond acceptors (Lipinski definition) is 7. The second-order valence-corrected chi connectivity index (χ2v) is 4.67. The Morgan fingerprint density at radius 1 is 1.33 bits per heavy atom. The summed E-state index contributed by atoms with van der Waals surface area (Å²) in [4.78, 5) is 48.8. The Kier molecular flexibility index (Phi) is 3.70. The highest BCUT2D eigenvalue weighted by Gasteiger charge is 2.33. The molecule has 2 fully saturated rings. The van der Waals surface area contributed by atoms with Gasteiger partial charge >= 0.3 is 6.16 Å². The van der Waals surface area contributed by atoms with Gasteiger partial charge in [-0.05, 0) is 0 Å². The van der Waals surface area contributed by atoms with Crippen molar-refractivity contribution in [2.24, 2.45) is 0 Å². The first-order valence-electron chi connectivity index (χ1n) is 5.20. The van der Waals surface area contributed by atoms with E-state index in [0.29, 0.717) is 10.8 Å². The van der Waals surface area contributed by atoms with Crippen LogP contribution in [0, 0.1) is 0 Å². The third-order valence-corrected chi connectivity index (χ3v) is 3.26. The van der Waals surface area contributed by atoms with Gasteiger partial charge in [0.2, 0.25) is 0 Å². The molecule has 2 aliphatic heterocycles. The lowest BCUT2D eigenvalue weighted by Gasteiger charge is -2.13. The van der Waals surface area contributed by atoms with Crippen LogP contribution < -0.4 is 5.32 Å². The lowest BCUT2D eigenvalue weighted by molar-refractivity contribution is -0.177. The maximum absolute atomic E-state index is 11.2. The summed E-state index contributed by atoms with van der Waals surface area (Å²) >= 11 is 1.09. The zero-order valence-electron chi connectivity index (χ0n) is 9.21. The number of thioether (sulfide) groups is 1. The molecule has 3 amide bonds. The predicted octanol–water partition coefficient (Wildman–Crippen LogP) is 0.0286. The minimum atomic E-state index is -1.13. The second kappa shape index (κ2) is 5.25. The topological polar surface area (TPSA) is 102 Å². The van der Waals surface area contributed by atoms with Gasteiger partial charge in [-0.2, -0.15) is 0 Å². The molecule has 0 spiro atoms. The molecule has 1 N–H and O–H groups in total. The Bertz CT molecular complexity index is 396. The molecule has 0 unspecified atom stereocenters. The maximum atomic E-state index is 11.2. The number of amides is 3. The van der Waals surface area contributed by atoms with Gasteiger partial charge in [0.1, 0.15) is 6.61 Å². The second-order valence-electron chi connectivity index (χ2n) is 3.67. The Hall–Kier alpha value is -1.77. The van der Waals surface area contributed by atoms with E-state index in [1.54, 1.807) is 0 Å². The van der Waals surface area contributed by atoms with E-state index in [1.165, 1.54) is 0 Å². The van der Waals surface area contributed by atoms with E-state index in [-0.39, 0.29) is 30.7 Å². The largest absolute Gasteiger partial charge is 0.534 e. The van der Waals surface area contributed by atoms with Gasteiger partial charge in [-0.3, -0.25) is 19.2 Å². The fourth-order valence-electron chi connectivity index (χ4n) is 1.44. The zero-order valence-corrected chi connectivity index (χ0v) is 10.0. The molecule has 1 atom stereocenters. The molecular weight excluding hydrogens is 264 g/mol. The van der Waals surface area contributed by atoms with Gasteiger partial charge in [0.15, 0.2) is 0 Å². The number of nitrogens with zero attached hydrogens (tertiary/aromatic N) is 1. The van der Waals surface area contributed by atoms with Crippen LogP contribution in [0.25, 0.3) is 0 Å². The van der Waals surface area contributed by atoms with Crippen LogP contribution in [-0.4, -0.2) is 46.7 Å². The number of hydroxylamine groups is 2. The average molecular weight is 274 g/mol. The van der Waals surface area contributed by atoms with Crippen molar-refractivity contribution in [1.82, 2.24) is 10.4 Å². The molecule has 0 aromatic rings. The molecule has 18 heavy (non-hydrogen) atoms. The predicted molar refractivity (Wildman–Crippen MR) is 58.3 cm³/mol. The van der Waals surface area contributed by atoms with Crippen LogP contribution in [0.15, 0.2) is 0 Å². The fourth-order valence-corrected chi connectivity index (χ4v) is 2.23. The number of rotatable bonds is 3. The summed E-state index contributed by atoms with van der Waals surface area (Å²) in [7, 11) is 0. The van der Waals surface area contributed by atoms with Crippen LogP contribution >= 0.6 is 11.8 Å². The van der Waals surface area contributed by atoms with Crippen LogP contribution in [0.2, 0.25) is 0 Å². The summed E-state index contributed by atoms with van der Waals surface area (Å²) in [5.74, 6) is -0.642. The number of ether oxygens (including phenoxy) is 1. The SMILES string of the molecule is O=C(OC[C@H]1CSC(=O)N1)ON1C(=O)CCC1=O. The van der Waals surface area contributed by atoms with Crippen molar-refractivity contribution in [3.63, 3.8) is 0 Å². The molecule has 98 valence electrons. The van der Waals surface area contributed by atoms with E-state index >= 15 is 0 Å². The van der Waals surface area contributed by atoms with E-state index in [9.17, 15) is 19.2 Å². The van der Waals surface area contributed by atoms with Crippen LogP contribution in [-0.2, 0) is 19.2 Å². The smallest absolute Gasteiger partial charge is 0.430 e. The van der Waals surface area contributed by atoms with Crippen LogP contribution in [0.3, 0.4) is 0 Å². The standard InChI is InChI=1S/C9H10N2O6S/c12-6-1-2-7(13)11(6)17-9(15)16-3-5-4-18-8(14)10-5/h5H,1-4H2,(H,10,14)/t5-/m0/s1. The van der Waals surface area contributed by atoms with Gasteiger partial charge in [0, 0.05) is 18.6 Å². The zero-order chi connectivity index (χ0) is 13.1. The van der Waals surface area contributed by atoms with Crippen LogP contribution in [0.1, 0.15) is 12.8 Å². The lowest BCUT2D eigenvalue weighted by Crippen LogP contribution is -2.35. The molecular formula is C9H10N2O6S. The molecule has 8 nitrogen and oxygen atoms in total. The van der Waals surface area contributed by atoms with Crippen molar-refractivity contribution >= 4 is 35.0 Å². The van der Waals surface area contributed by atoms with E-state index in [2.05, 4.69) is 10.2 Å². The van der Waals surface area contributed by atoms with Crippen LogP contribution in [0.4, 0.5) is 9.59 Å². The summed E-state index contributed by atoms with van der Waals surface area (Å²) in [6.07, 6.45) is -1.08. The Morgan fingerprint density at radius 2 is 2.00 bits per heavy atom. The average Bonchev–Trinajstić information content (AvgIpc) is 2.87. The minimum absolute atomic E-state index is 0.0292. The third-order valence-electron chi connectivity index (χ3n) is 2.31. The van der Waals surface area contributed by atoms with Crippen molar-refractivity contribution in [1.29, 1.82) is 0 Å². The van der Waals surface area contributed by atoms with Crippen molar-refractivity contribution < 1.29 is 28.8 Å². The summed E-state index contributed by atoms with van der Waals surface area (Å²) in [5, 5.41) is 2.79. The van der Waals surface area contributed by atoms with Gasteiger partial charge in [0.05, 0.1) is 6.04 Å². The summed E-state index contributed by atoms with van der Waals surface area (Å²) < 4.78 is 4.70. The van der Waals surface area contributed by atoms with E-state index in [0.717, 1.165) is 11.8 Å². The molecule has 2 saturated heterocycles. The molecule has 2 aliphatic rings. The molecule has 0 aromatic carbocycles. The third kappa shape index (κ3) is 2.92. The maximum Gasteiger partial charge on any atom is 0.534 e. The van der Waals surface area contributed by atoms with Gasteiger partial charge in [0.25, 0.3) is 17.1 Å². The molecule has 0 bridgehead atoms. The van der Waals surface area contributed by atoms with Crippen molar-refractivity contribution in [3.05, 3.63) is 0 Å². The summed E-state index contributed by atoms with van der Waals surface area (Å²) in [5.41, 5.74) is 0. The molecule has 0 aliphatic carbocycles. The first-order valence-corrected chi connectivity index (χ1v) is 6.18. The highest BCUT2D eigenvalue weighted by Crippen LogP contribution is 2.14. The number of imide groups is 1. The highest BCUT2D eigenvalue weighted by atomic mass is 32.2. The molecule has 0 saturated carbocycles. The minimum Gasteiger partial charge on any atom is -0.430 e. The van der Waals surface area contributed by atoms with Crippen molar-refractivity contribution in [2.75, 3.05) is 12.4 Å². The van der Waals surface area contributed by atoms with Crippen molar-refractivity contribution in [2.45, 2.75) is 18.9 Å². The van der Waals surface area contributed by atoms with Crippen molar-refractivity contribution in [3.8, 4) is 0 Å². The number of carbonyl (C=O) groups excluding carboxylic acids is 4. The highest BCUT2D eigenvalue weighted by molar-refractivity contribution is 8.13. The first-order chi connectivity index (χ1) is 8.56. The quantitative estimate of drug-likeness (QED) is 0.572. The molecule has 2 heterocycles. The fraction of sp³-hybridized carbons (Fsp3) is 0.556. The van der Waals surface area contributed by atoms with Gasteiger partial charge < -0.3 is 10.1 Å². The number of carbonyl (C=O) groups is 4. The number of hydrogen-bond donors (Lipinski definition) is 1.